The molecule has 0 aliphatic carbocycles. The summed E-state index contributed by atoms with van der Waals surface area (Å²) in [5, 5.41) is 2.83. The Morgan fingerprint density at radius 1 is 1.28 bits per heavy atom. The lowest BCUT2D eigenvalue weighted by Crippen LogP contribution is -2.38. The number of halogens is 3. The molecule has 0 radical (unpaired) electrons. The predicted octanol–water partition coefficient (Wildman–Crippen LogP) is 3.08. The largest absolute Gasteiger partial charge is 0.573 e. The number of nitrogens with two attached hydrogens (primary N) is 1. The molecule has 1 aromatic carbocycles. The third-order valence-corrected chi connectivity index (χ3v) is 4.12. The first-order valence-corrected chi connectivity index (χ1v) is 7.94. The van der Waals surface area contributed by atoms with E-state index in [0.717, 1.165) is 12.8 Å². The fourth-order valence-corrected chi connectivity index (χ4v) is 2.99. The monoisotopic (exact) mass is 353 g/mol. The van der Waals surface area contributed by atoms with Crippen LogP contribution in [-0.4, -0.2) is 29.9 Å². The Kier molecular flexibility index (Phi) is 4.71. The van der Waals surface area contributed by atoms with Crippen molar-refractivity contribution in [2.24, 2.45) is 5.73 Å². The van der Waals surface area contributed by atoms with Crippen molar-refractivity contribution >= 4 is 5.91 Å². The number of alkyl halides is 3. The molecule has 1 amide bonds. The molecule has 0 saturated heterocycles. The van der Waals surface area contributed by atoms with Crippen LogP contribution in [0.2, 0.25) is 0 Å². The molecule has 3 N–H and O–H groups in total. The zero-order valence-electron chi connectivity index (χ0n) is 13.3. The first-order chi connectivity index (χ1) is 11.9. The minimum Gasteiger partial charge on any atom is -0.406 e. The number of benzene rings is 1. The quantitative estimate of drug-likeness (QED) is 0.868. The molecule has 1 aliphatic heterocycles. The van der Waals surface area contributed by atoms with E-state index in [4.69, 9.17) is 5.73 Å². The molecule has 25 heavy (non-hydrogen) atoms. The summed E-state index contributed by atoms with van der Waals surface area (Å²) < 4.78 is 43.0. The Balaban J connectivity index is 1.92. The number of fused-ring (bicyclic) bond motifs is 1. The summed E-state index contributed by atoms with van der Waals surface area (Å²) in [6.07, 6.45) is -1.31. The van der Waals surface area contributed by atoms with Crippen LogP contribution in [0.4, 0.5) is 13.2 Å². The Morgan fingerprint density at radius 2 is 2.08 bits per heavy atom. The van der Waals surface area contributed by atoms with E-state index < -0.39 is 6.36 Å². The van der Waals surface area contributed by atoms with Gasteiger partial charge in [-0.1, -0.05) is 12.1 Å². The average molecular weight is 353 g/mol. The lowest BCUT2D eigenvalue weighted by Gasteiger charge is -2.26. The third kappa shape index (κ3) is 3.96. The van der Waals surface area contributed by atoms with Crippen molar-refractivity contribution in [1.82, 2.24) is 9.88 Å². The number of nitrogens with one attached hydrogen (secondary N) is 1. The van der Waals surface area contributed by atoms with E-state index >= 15 is 0 Å². The van der Waals surface area contributed by atoms with Gasteiger partial charge in [0.2, 0.25) is 0 Å². The van der Waals surface area contributed by atoms with Gasteiger partial charge in [-0.05, 0) is 43.1 Å². The molecule has 3 rings (SSSR count). The summed E-state index contributed by atoms with van der Waals surface area (Å²) in [6, 6.07) is 7.47. The minimum absolute atomic E-state index is 0.0830. The van der Waals surface area contributed by atoms with Gasteiger partial charge in [-0.25, -0.2) is 0 Å². The molecule has 1 atom stereocenters. The van der Waals surface area contributed by atoms with Crippen LogP contribution >= 0.6 is 0 Å². The second-order valence-corrected chi connectivity index (χ2v) is 5.89. The normalized spacial score (nSPS) is 17.1. The standard InChI is InChI=1S/C17H18F3N3O2/c18-17(19,20)25-14-5-1-3-11(7-14)12-8-15-16(24)22-9-13(4-2-6-21)23(15)10-12/h1,3,5,7-8,10,13H,2,4,6,9,21H2,(H,22,24)/t13-/m0/s1. The maximum absolute atomic E-state index is 12.4. The predicted molar refractivity (Wildman–Crippen MR) is 86.2 cm³/mol. The highest BCUT2D eigenvalue weighted by molar-refractivity contribution is 5.95. The number of hydrogen-bond donors (Lipinski definition) is 2. The molecule has 2 aromatic rings. The molecule has 0 spiro atoms. The Morgan fingerprint density at radius 3 is 2.80 bits per heavy atom. The first-order valence-electron chi connectivity index (χ1n) is 7.94. The van der Waals surface area contributed by atoms with Gasteiger partial charge in [0.05, 0.1) is 6.04 Å². The summed E-state index contributed by atoms with van der Waals surface area (Å²) in [7, 11) is 0. The number of carbonyl (C=O) groups excluding carboxylic acids is 1. The number of ether oxygens (including phenoxy) is 1. The van der Waals surface area contributed by atoms with E-state index in [1.54, 1.807) is 18.3 Å². The number of aromatic nitrogens is 1. The van der Waals surface area contributed by atoms with Gasteiger partial charge in [-0.15, -0.1) is 13.2 Å². The SMILES string of the molecule is NCCC[C@H]1CNC(=O)c2cc(-c3cccc(OC(F)(F)F)c3)cn21. The van der Waals surface area contributed by atoms with Gasteiger partial charge in [0.15, 0.2) is 0 Å². The maximum Gasteiger partial charge on any atom is 0.573 e. The summed E-state index contributed by atoms with van der Waals surface area (Å²) in [6.45, 7) is 1.07. The molecule has 2 heterocycles. The summed E-state index contributed by atoms with van der Waals surface area (Å²) in [5.41, 5.74) is 7.26. The van der Waals surface area contributed by atoms with Crippen LogP contribution in [0, 0.1) is 0 Å². The summed E-state index contributed by atoms with van der Waals surface area (Å²) >= 11 is 0. The molecule has 0 fully saturated rings. The molecule has 1 aromatic heterocycles. The highest BCUT2D eigenvalue weighted by Crippen LogP contribution is 2.31. The van der Waals surface area contributed by atoms with Crippen molar-refractivity contribution in [2.75, 3.05) is 13.1 Å². The maximum atomic E-state index is 12.4. The molecule has 5 nitrogen and oxygen atoms in total. The van der Waals surface area contributed by atoms with Crippen LogP contribution in [0.3, 0.4) is 0 Å². The van der Waals surface area contributed by atoms with E-state index in [1.165, 1.54) is 18.2 Å². The Bertz CT molecular complexity index is 771. The number of amides is 1. The highest BCUT2D eigenvalue weighted by Gasteiger charge is 2.31. The zero-order chi connectivity index (χ0) is 18.0. The topological polar surface area (TPSA) is 69.3 Å². The molecular formula is C17H18F3N3O2. The fraction of sp³-hybridized carbons (Fsp3) is 0.353. The summed E-state index contributed by atoms with van der Waals surface area (Å²) in [5.74, 6) is -0.490. The van der Waals surface area contributed by atoms with Crippen LogP contribution in [0.5, 0.6) is 5.75 Å². The molecule has 134 valence electrons. The van der Waals surface area contributed by atoms with Gasteiger partial charge in [0.1, 0.15) is 11.4 Å². The van der Waals surface area contributed by atoms with E-state index in [2.05, 4.69) is 10.1 Å². The van der Waals surface area contributed by atoms with E-state index in [9.17, 15) is 18.0 Å². The van der Waals surface area contributed by atoms with Crippen molar-refractivity contribution in [1.29, 1.82) is 0 Å². The fourth-order valence-electron chi connectivity index (χ4n) is 2.99. The van der Waals surface area contributed by atoms with Gasteiger partial charge in [0.25, 0.3) is 5.91 Å². The second-order valence-electron chi connectivity index (χ2n) is 5.89. The van der Waals surface area contributed by atoms with Gasteiger partial charge in [-0.3, -0.25) is 4.79 Å². The zero-order valence-corrected chi connectivity index (χ0v) is 13.3. The number of carbonyl (C=O) groups is 1. The molecule has 8 heteroatoms. The number of rotatable bonds is 5. The molecule has 0 saturated carbocycles. The first kappa shape index (κ1) is 17.3. The van der Waals surface area contributed by atoms with Crippen LogP contribution in [0.15, 0.2) is 36.5 Å². The highest BCUT2D eigenvalue weighted by atomic mass is 19.4. The molecule has 0 unspecified atom stereocenters. The molecule has 0 bridgehead atoms. The van der Waals surface area contributed by atoms with Gasteiger partial charge in [-0.2, -0.15) is 0 Å². The van der Waals surface area contributed by atoms with Crippen molar-refractivity contribution in [3.8, 4) is 16.9 Å². The lowest BCUT2D eigenvalue weighted by molar-refractivity contribution is -0.274. The third-order valence-electron chi connectivity index (χ3n) is 4.12. The van der Waals surface area contributed by atoms with Crippen molar-refractivity contribution in [2.45, 2.75) is 25.2 Å². The Labute approximate surface area is 142 Å². The average Bonchev–Trinajstić information content (AvgIpc) is 2.99. The van der Waals surface area contributed by atoms with Crippen molar-refractivity contribution in [3.63, 3.8) is 0 Å². The van der Waals surface area contributed by atoms with Gasteiger partial charge >= 0.3 is 6.36 Å². The van der Waals surface area contributed by atoms with Crippen LogP contribution in [0.25, 0.3) is 11.1 Å². The van der Waals surface area contributed by atoms with E-state index in [0.29, 0.717) is 29.9 Å². The van der Waals surface area contributed by atoms with Gasteiger partial charge < -0.3 is 20.4 Å². The Hall–Kier alpha value is -2.48. The van der Waals surface area contributed by atoms with E-state index in [-0.39, 0.29) is 17.7 Å². The molecular weight excluding hydrogens is 335 g/mol. The summed E-state index contributed by atoms with van der Waals surface area (Å²) in [4.78, 5) is 12.1. The number of nitrogens with zero attached hydrogens (tertiary/aromatic N) is 1. The molecule has 1 aliphatic rings. The second kappa shape index (κ2) is 6.79. The van der Waals surface area contributed by atoms with Gasteiger partial charge in [0, 0.05) is 18.3 Å². The van der Waals surface area contributed by atoms with Crippen molar-refractivity contribution < 1.29 is 22.7 Å². The minimum atomic E-state index is -4.74. The number of hydrogen-bond acceptors (Lipinski definition) is 3. The smallest absolute Gasteiger partial charge is 0.406 e. The van der Waals surface area contributed by atoms with Crippen LogP contribution < -0.4 is 15.8 Å². The van der Waals surface area contributed by atoms with Crippen LogP contribution in [0.1, 0.15) is 29.4 Å². The van der Waals surface area contributed by atoms with E-state index in [1.807, 2.05) is 4.57 Å². The van der Waals surface area contributed by atoms with Crippen LogP contribution in [-0.2, 0) is 0 Å². The van der Waals surface area contributed by atoms with Crippen molar-refractivity contribution in [3.05, 3.63) is 42.2 Å². The lowest BCUT2D eigenvalue weighted by atomic mass is 10.1.